The number of hydrogen-bond acceptors (Lipinski definition) is 7. The van der Waals surface area contributed by atoms with Gasteiger partial charge in [-0.05, 0) is 37.3 Å². The molecule has 2 heterocycles. The van der Waals surface area contributed by atoms with Crippen LogP contribution in [0.2, 0.25) is 10.0 Å². The van der Waals surface area contributed by atoms with Gasteiger partial charge in [0.2, 0.25) is 5.88 Å². The third kappa shape index (κ3) is 4.43. The number of thiazole rings is 1. The van der Waals surface area contributed by atoms with Crippen molar-refractivity contribution >= 4 is 62.5 Å². The van der Waals surface area contributed by atoms with E-state index in [4.69, 9.17) is 37.1 Å². The molecule has 4 rings (SSSR count). The Hall–Kier alpha value is -3.07. The monoisotopic (exact) mass is 490 g/mol. The lowest BCUT2D eigenvalue weighted by Crippen LogP contribution is -2.20. The van der Waals surface area contributed by atoms with Crippen molar-refractivity contribution in [1.82, 2.24) is 4.98 Å². The van der Waals surface area contributed by atoms with Gasteiger partial charge >= 0.3 is 5.97 Å². The molecule has 2 aromatic heterocycles. The van der Waals surface area contributed by atoms with Gasteiger partial charge in [-0.3, -0.25) is 10.1 Å². The number of para-hydroxylation sites is 1. The van der Waals surface area contributed by atoms with E-state index < -0.39 is 11.9 Å². The van der Waals surface area contributed by atoms with E-state index >= 15 is 0 Å². The SMILES string of the molecule is COC(=O)c1c(C)oc(NC(=O)COc2ccc(Cl)cc2Cl)c1-c1nc2ccccc2s1. The highest BCUT2D eigenvalue weighted by Gasteiger charge is 2.28. The summed E-state index contributed by atoms with van der Waals surface area (Å²) in [6.45, 7) is 1.27. The van der Waals surface area contributed by atoms with Gasteiger partial charge in [-0.1, -0.05) is 35.3 Å². The number of nitrogens with zero attached hydrogens (tertiary/aromatic N) is 1. The zero-order chi connectivity index (χ0) is 22.8. The van der Waals surface area contributed by atoms with Gasteiger partial charge in [-0.2, -0.15) is 0 Å². The fraction of sp³-hybridized carbons (Fsp3) is 0.136. The van der Waals surface area contributed by atoms with Crippen LogP contribution in [0.1, 0.15) is 16.1 Å². The highest BCUT2D eigenvalue weighted by molar-refractivity contribution is 7.21. The van der Waals surface area contributed by atoms with Crippen molar-refractivity contribution in [3.05, 3.63) is 63.8 Å². The van der Waals surface area contributed by atoms with E-state index in [1.54, 1.807) is 19.1 Å². The number of esters is 1. The van der Waals surface area contributed by atoms with E-state index in [1.807, 2.05) is 24.3 Å². The van der Waals surface area contributed by atoms with Crippen molar-refractivity contribution in [3.63, 3.8) is 0 Å². The van der Waals surface area contributed by atoms with Gasteiger partial charge in [0.1, 0.15) is 22.1 Å². The third-order valence-electron chi connectivity index (χ3n) is 4.49. The average Bonchev–Trinajstić information content (AvgIpc) is 3.32. The molecule has 2 aromatic carbocycles. The maximum atomic E-state index is 12.6. The number of aromatic nitrogens is 1. The first-order valence-corrected chi connectivity index (χ1v) is 10.9. The predicted octanol–water partition coefficient (Wildman–Crippen LogP) is 5.98. The molecule has 0 saturated carbocycles. The number of carbonyl (C=O) groups excluding carboxylic acids is 2. The number of fused-ring (bicyclic) bond motifs is 1. The Morgan fingerprint density at radius 3 is 2.69 bits per heavy atom. The number of carbonyl (C=O) groups is 2. The third-order valence-corrected chi connectivity index (χ3v) is 6.07. The first-order chi connectivity index (χ1) is 15.4. The van der Waals surface area contributed by atoms with Crippen LogP contribution >= 0.6 is 34.5 Å². The number of ether oxygens (including phenoxy) is 2. The molecule has 32 heavy (non-hydrogen) atoms. The molecule has 4 aromatic rings. The lowest BCUT2D eigenvalue weighted by molar-refractivity contribution is -0.118. The average molecular weight is 491 g/mol. The number of hydrogen-bond donors (Lipinski definition) is 1. The summed E-state index contributed by atoms with van der Waals surface area (Å²) < 4.78 is 17.0. The number of rotatable bonds is 6. The zero-order valence-electron chi connectivity index (χ0n) is 16.9. The first kappa shape index (κ1) is 22.1. The second-order valence-electron chi connectivity index (χ2n) is 6.63. The van der Waals surface area contributed by atoms with Crippen LogP contribution in [0.5, 0.6) is 5.75 Å². The summed E-state index contributed by atoms with van der Waals surface area (Å²) in [6.07, 6.45) is 0. The number of amides is 1. The lowest BCUT2D eigenvalue weighted by atomic mass is 10.1. The molecule has 0 atom stereocenters. The van der Waals surface area contributed by atoms with Crippen molar-refractivity contribution in [2.75, 3.05) is 19.0 Å². The van der Waals surface area contributed by atoms with Crippen LogP contribution in [0.4, 0.5) is 5.88 Å². The number of nitrogens with one attached hydrogen (secondary N) is 1. The van der Waals surface area contributed by atoms with Gasteiger partial charge < -0.3 is 13.9 Å². The maximum Gasteiger partial charge on any atom is 0.342 e. The van der Waals surface area contributed by atoms with E-state index in [9.17, 15) is 9.59 Å². The van der Waals surface area contributed by atoms with Crippen LogP contribution in [0.15, 0.2) is 46.9 Å². The van der Waals surface area contributed by atoms with Crippen molar-refractivity contribution in [2.45, 2.75) is 6.92 Å². The molecule has 0 radical (unpaired) electrons. The zero-order valence-corrected chi connectivity index (χ0v) is 19.2. The molecule has 1 N–H and O–H groups in total. The number of aryl methyl sites for hydroxylation is 1. The molecule has 0 unspecified atom stereocenters. The van der Waals surface area contributed by atoms with Gasteiger partial charge in [0.25, 0.3) is 5.91 Å². The number of halogens is 2. The highest BCUT2D eigenvalue weighted by Crippen LogP contribution is 2.40. The van der Waals surface area contributed by atoms with Crippen molar-refractivity contribution in [2.24, 2.45) is 0 Å². The Balaban J connectivity index is 1.64. The standard InChI is InChI=1S/C22H16Cl2N2O5S/c1-11-18(22(28)29-2)19(21-25-14-5-3-4-6-16(14)32-21)20(31-11)26-17(27)10-30-15-8-7-12(23)9-13(15)24/h3-9H,10H2,1-2H3,(H,26,27). The molecule has 0 fully saturated rings. The molecular weight excluding hydrogens is 475 g/mol. The van der Waals surface area contributed by atoms with Gasteiger partial charge in [0.15, 0.2) is 6.61 Å². The van der Waals surface area contributed by atoms with Crippen LogP contribution in [-0.2, 0) is 9.53 Å². The van der Waals surface area contributed by atoms with Crippen LogP contribution in [0.25, 0.3) is 20.8 Å². The molecule has 1 amide bonds. The molecule has 0 bridgehead atoms. The number of anilines is 1. The van der Waals surface area contributed by atoms with Crippen molar-refractivity contribution < 1.29 is 23.5 Å². The summed E-state index contributed by atoms with van der Waals surface area (Å²) in [5, 5.41) is 3.90. The maximum absolute atomic E-state index is 12.6. The summed E-state index contributed by atoms with van der Waals surface area (Å²) in [6, 6.07) is 12.2. The topological polar surface area (TPSA) is 90.7 Å². The highest BCUT2D eigenvalue weighted by atomic mass is 35.5. The van der Waals surface area contributed by atoms with Crippen molar-refractivity contribution in [3.8, 4) is 16.3 Å². The van der Waals surface area contributed by atoms with Gasteiger partial charge in [0.05, 0.1) is 27.9 Å². The van der Waals surface area contributed by atoms with Gasteiger partial charge in [0, 0.05) is 5.02 Å². The van der Waals surface area contributed by atoms with Gasteiger partial charge in [-0.25, -0.2) is 9.78 Å². The summed E-state index contributed by atoms with van der Waals surface area (Å²) in [4.78, 5) is 29.6. The van der Waals surface area contributed by atoms with Crippen LogP contribution < -0.4 is 10.1 Å². The Morgan fingerprint density at radius 1 is 1.19 bits per heavy atom. The molecule has 10 heteroatoms. The molecule has 164 valence electrons. The van der Waals surface area contributed by atoms with Crippen LogP contribution in [0.3, 0.4) is 0 Å². The lowest BCUT2D eigenvalue weighted by Gasteiger charge is -2.08. The largest absolute Gasteiger partial charge is 0.482 e. The fourth-order valence-corrected chi connectivity index (χ4v) is 4.54. The molecule has 0 aliphatic carbocycles. The Bertz CT molecular complexity index is 1300. The molecule has 0 spiro atoms. The van der Waals surface area contributed by atoms with Crippen LogP contribution in [0, 0.1) is 6.92 Å². The molecule has 0 saturated heterocycles. The number of methoxy groups -OCH3 is 1. The normalized spacial score (nSPS) is 10.9. The Kier molecular flexibility index (Phi) is 6.36. The molecular formula is C22H16Cl2N2O5S. The quantitative estimate of drug-likeness (QED) is 0.334. The molecule has 0 aliphatic heterocycles. The fourth-order valence-electron chi connectivity index (χ4n) is 3.06. The number of benzene rings is 2. The minimum Gasteiger partial charge on any atom is -0.482 e. The Morgan fingerprint density at radius 2 is 1.97 bits per heavy atom. The minimum absolute atomic E-state index is 0.0813. The molecule has 0 aliphatic rings. The first-order valence-electron chi connectivity index (χ1n) is 9.32. The second kappa shape index (κ2) is 9.20. The van der Waals surface area contributed by atoms with E-state index in [1.165, 1.54) is 24.5 Å². The predicted molar refractivity (Wildman–Crippen MR) is 124 cm³/mol. The Labute approximate surface area is 196 Å². The molecule has 7 nitrogen and oxygen atoms in total. The summed E-state index contributed by atoms with van der Waals surface area (Å²) >= 11 is 13.3. The van der Waals surface area contributed by atoms with Crippen LogP contribution in [-0.4, -0.2) is 30.6 Å². The number of furan rings is 1. The summed E-state index contributed by atoms with van der Waals surface area (Å²) in [5.41, 5.74) is 1.32. The minimum atomic E-state index is -0.592. The smallest absolute Gasteiger partial charge is 0.342 e. The van der Waals surface area contributed by atoms with Crippen molar-refractivity contribution in [1.29, 1.82) is 0 Å². The van der Waals surface area contributed by atoms with E-state index in [-0.39, 0.29) is 23.1 Å². The second-order valence-corrected chi connectivity index (χ2v) is 8.50. The summed E-state index contributed by atoms with van der Waals surface area (Å²) in [7, 11) is 1.28. The summed E-state index contributed by atoms with van der Waals surface area (Å²) in [5.74, 6) is -0.418. The van der Waals surface area contributed by atoms with E-state index in [0.29, 0.717) is 27.1 Å². The van der Waals surface area contributed by atoms with Gasteiger partial charge in [-0.15, -0.1) is 11.3 Å². The van der Waals surface area contributed by atoms with E-state index in [2.05, 4.69) is 10.3 Å². The van der Waals surface area contributed by atoms with E-state index in [0.717, 1.165) is 10.2 Å².